The van der Waals surface area contributed by atoms with Crippen LogP contribution in [0, 0.1) is 0 Å². The zero-order valence-corrected chi connectivity index (χ0v) is 14.1. The Morgan fingerprint density at radius 2 is 2.08 bits per heavy atom. The minimum Gasteiger partial charge on any atom is -0.463 e. The highest BCUT2D eigenvalue weighted by Gasteiger charge is 2.33. The zero-order valence-electron chi connectivity index (χ0n) is 13.3. The van der Waals surface area contributed by atoms with Gasteiger partial charge in [0.05, 0.1) is 16.8 Å². The van der Waals surface area contributed by atoms with Gasteiger partial charge in [0, 0.05) is 37.5 Å². The van der Waals surface area contributed by atoms with Gasteiger partial charge in [-0.15, -0.1) is 0 Å². The van der Waals surface area contributed by atoms with Gasteiger partial charge in [-0.3, -0.25) is 9.59 Å². The molecule has 2 saturated heterocycles. The molecule has 6 heteroatoms. The molecule has 0 saturated carbocycles. The fraction of sp³-hybridized carbons (Fsp3) is 0.444. The standard InChI is InChI=1S/C18H19ClN2O3/c19-15-6-5-14(13-7-10-24-17(13)15)18(23)20-8-1-3-12(11-20)21-9-2-4-16(21)22/h5-7,10,12H,1-4,8-9,11H2. The van der Waals surface area contributed by atoms with E-state index in [1.165, 1.54) is 0 Å². The SMILES string of the molecule is O=C(c1ccc(Cl)c2occc12)N1CCCC(N2CCCC2=O)C1. The third kappa shape index (κ3) is 2.57. The minimum atomic E-state index is -0.0191. The number of benzene rings is 1. The van der Waals surface area contributed by atoms with E-state index >= 15 is 0 Å². The van der Waals surface area contributed by atoms with Crippen molar-refractivity contribution in [3.8, 4) is 0 Å². The van der Waals surface area contributed by atoms with E-state index in [0.717, 1.165) is 37.7 Å². The summed E-state index contributed by atoms with van der Waals surface area (Å²) in [6, 6.07) is 5.38. The number of hydrogen-bond donors (Lipinski definition) is 0. The van der Waals surface area contributed by atoms with E-state index in [1.807, 2.05) is 9.80 Å². The van der Waals surface area contributed by atoms with Gasteiger partial charge in [0.1, 0.15) is 0 Å². The van der Waals surface area contributed by atoms with E-state index < -0.39 is 0 Å². The lowest BCUT2D eigenvalue weighted by Gasteiger charge is -2.37. The molecule has 126 valence electrons. The van der Waals surface area contributed by atoms with Crippen LogP contribution in [0.5, 0.6) is 0 Å². The lowest BCUT2D eigenvalue weighted by molar-refractivity contribution is -0.130. The molecule has 24 heavy (non-hydrogen) atoms. The number of likely N-dealkylation sites (tertiary alicyclic amines) is 2. The molecule has 4 rings (SSSR count). The molecule has 0 N–H and O–H groups in total. The van der Waals surface area contributed by atoms with Crippen molar-refractivity contribution in [2.75, 3.05) is 19.6 Å². The van der Waals surface area contributed by atoms with Crippen LogP contribution >= 0.6 is 11.6 Å². The number of nitrogens with zero attached hydrogens (tertiary/aromatic N) is 2. The molecular weight excluding hydrogens is 328 g/mol. The maximum Gasteiger partial charge on any atom is 0.254 e. The number of piperidine rings is 1. The van der Waals surface area contributed by atoms with E-state index in [9.17, 15) is 9.59 Å². The lowest BCUT2D eigenvalue weighted by Crippen LogP contribution is -2.50. The van der Waals surface area contributed by atoms with Crippen molar-refractivity contribution >= 4 is 34.4 Å². The number of amides is 2. The largest absolute Gasteiger partial charge is 0.463 e. The predicted molar refractivity (Wildman–Crippen MR) is 91.1 cm³/mol. The second-order valence-corrected chi connectivity index (χ2v) is 6.90. The smallest absolute Gasteiger partial charge is 0.254 e. The van der Waals surface area contributed by atoms with Crippen LogP contribution in [0.25, 0.3) is 11.0 Å². The van der Waals surface area contributed by atoms with Crippen molar-refractivity contribution in [1.29, 1.82) is 0 Å². The fourth-order valence-electron chi connectivity index (χ4n) is 3.83. The topological polar surface area (TPSA) is 53.8 Å². The fourth-order valence-corrected chi connectivity index (χ4v) is 4.04. The third-order valence-electron chi connectivity index (χ3n) is 5.03. The molecule has 2 fully saturated rings. The molecule has 2 aliphatic rings. The molecule has 2 aliphatic heterocycles. The molecule has 2 amide bonds. The van der Waals surface area contributed by atoms with E-state index in [1.54, 1.807) is 24.5 Å². The molecule has 0 spiro atoms. The van der Waals surface area contributed by atoms with Crippen LogP contribution in [0.15, 0.2) is 28.9 Å². The van der Waals surface area contributed by atoms with E-state index in [2.05, 4.69) is 0 Å². The molecule has 1 aromatic carbocycles. The van der Waals surface area contributed by atoms with E-state index in [0.29, 0.717) is 29.1 Å². The monoisotopic (exact) mass is 346 g/mol. The van der Waals surface area contributed by atoms with Crippen LogP contribution in [0.1, 0.15) is 36.0 Å². The number of hydrogen-bond acceptors (Lipinski definition) is 3. The molecule has 0 aliphatic carbocycles. The average molecular weight is 347 g/mol. The quantitative estimate of drug-likeness (QED) is 0.838. The summed E-state index contributed by atoms with van der Waals surface area (Å²) in [5.74, 6) is 0.201. The Hall–Kier alpha value is -2.01. The van der Waals surface area contributed by atoms with Gasteiger partial charge in [-0.05, 0) is 37.5 Å². The summed E-state index contributed by atoms with van der Waals surface area (Å²) < 4.78 is 5.39. The highest BCUT2D eigenvalue weighted by molar-refractivity contribution is 6.35. The van der Waals surface area contributed by atoms with Crippen molar-refractivity contribution in [3.05, 3.63) is 35.0 Å². The van der Waals surface area contributed by atoms with Gasteiger partial charge in [0.25, 0.3) is 5.91 Å². The van der Waals surface area contributed by atoms with Gasteiger partial charge in [0.15, 0.2) is 5.58 Å². The van der Waals surface area contributed by atoms with Crippen molar-refractivity contribution in [3.63, 3.8) is 0 Å². The number of furan rings is 1. The number of carbonyl (C=O) groups excluding carboxylic acids is 2. The summed E-state index contributed by atoms with van der Waals surface area (Å²) in [5, 5.41) is 1.25. The Balaban J connectivity index is 1.58. The molecule has 0 bridgehead atoms. The highest BCUT2D eigenvalue weighted by Crippen LogP contribution is 2.29. The Morgan fingerprint density at radius 1 is 1.21 bits per heavy atom. The molecule has 2 aromatic rings. The predicted octanol–water partition coefficient (Wildman–Crippen LogP) is 3.31. The summed E-state index contributed by atoms with van der Waals surface area (Å²) >= 11 is 6.12. The second-order valence-electron chi connectivity index (χ2n) is 6.50. The van der Waals surface area contributed by atoms with Crippen LogP contribution in [-0.2, 0) is 4.79 Å². The van der Waals surface area contributed by atoms with Crippen molar-refractivity contribution in [2.24, 2.45) is 0 Å². The van der Waals surface area contributed by atoms with Gasteiger partial charge in [-0.2, -0.15) is 0 Å². The second kappa shape index (κ2) is 6.13. The number of carbonyl (C=O) groups is 2. The Labute approximate surface area is 145 Å². The number of fused-ring (bicyclic) bond motifs is 1. The number of rotatable bonds is 2. The first-order chi connectivity index (χ1) is 11.6. The summed E-state index contributed by atoms with van der Waals surface area (Å²) in [5.41, 5.74) is 1.15. The van der Waals surface area contributed by atoms with Crippen LogP contribution in [0.4, 0.5) is 0 Å². The normalized spacial score (nSPS) is 21.7. The van der Waals surface area contributed by atoms with Crippen molar-refractivity contribution in [1.82, 2.24) is 9.80 Å². The van der Waals surface area contributed by atoms with Crippen molar-refractivity contribution < 1.29 is 14.0 Å². The molecule has 1 unspecified atom stereocenters. The summed E-state index contributed by atoms with van der Waals surface area (Å²) in [6.07, 6.45) is 5.00. The lowest BCUT2D eigenvalue weighted by atomic mass is 10.0. The first kappa shape index (κ1) is 15.5. The van der Waals surface area contributed by atoms with Gasteiger partial charge >= 0.3 is 0 Å². The molecule has 1 aromatic heterocycles. The van der Waals surface area contributed by atoms with Gasteiger partial charge < -0.3 is 14.2 Å². The Bertz CT molecular complexity index is 801. The van der Waals surface area contributed by atoms with Gasteiger partial charge in [0.2, 0.25) is 5.91 Å². The summed E-state index contributed by atoms with van der Waals surface area (Å²) in [6.45, 7) is 2.14. The first-order valence-electron chi connectivity index (χ1n) is 8.39. The van der Waals surface area contributed by atoms with E-state index in [4.69, 9.17) is 16.0 Å². The Kier molecular flexibility index (Phi) is 3.96. The van der Waals surface area contributed by atoms with Gasteiger partial charge in [-0.1, -0.05) is 11.6 Å². The van der Waals surface area contributed by atoms with Crippen LogP contribution in [-0.4, -0.2) is 47.3 Å². The minimum absolute atomic E-state index is 0.0191. The number of halogens is 1. The van der Waals surface area contributed by atoms with E-state index in [-0.39, 0.29) is 17.9 Å². The van der Waals surface area contributed by atoms with Gasteiger partial charge in [-0.25, -0.2) is 0 Å². The molecule has 5 nitrogen and oxygen atoms in total. The maximum absolute atomic E-state index is 13.0. The maximum atomic E-state index is 13.0. The van der Waals surface area contributed by atoms with Crippen LogP contribution in [0.3, 0.4) is 0 Å². The zero-order chi connectivity index (χ0) is 16.7. The summed E-state index contributed by atoms with van der Waals surface area (Å²) in [4.78, 5) is 28.8. The third-order valence-corrected chi connectivity index (χ3v) is 5.33. The highest BCUT2D eigenvalue weighted by atomic mass is 35.5. The molecule has 3 heterocycles. The molecular formula is C18H19ClN2O3. The Morgan fingerprint density at radius 3 is 2.88 bits per heavy atom. The molecule has 1 atom stereocenters. The average Bonchev–Trinajstić information content (AvgIpc) is 3.24. The van der Waals surface area contributed by atoms with Crippen LogP contribution in [0.2, 0.25) is 5.02 Å². The van der Waals surface area contributed by atoms with Crippen molar-refractivity contribution in [2.45, 2.75) is 31.7 Å². The molecule has 0 radical (unpaired) electrons. The van der Waals surface area contributed by atoms with Crippen LogP contribution < -0.4 is 0 Å². The first-order valence-corrected chi connectivity index (χ1v) is 8.77. The summed E-state index contributed by atoms with van der Waals surface area (Å²) in [7, 11) is 0.